The highest BCUT2D eigenvalue weighted by Crippen LogP contribution is 2.26. The number of hydrogen-bond donors (Lipinski definition) is 1. The van der Waals surface area contributed by atoms with Crippen molar-refractivity contribution in [3.8, 4) is 11.5 Å². The van der Waals surface area contributed by atoms with Crippen LogP contribution in [0.2, 0.25) is 0 Å². The molecule has 0 aliphatic heterocycles. The van der Waals surface area contributed by atoms with Gasteiger partial charge in [-0.05, 0) is 25.0 Å². The normalized spacial score (nSPS) is 10.5. The highest BCUT2D eigenvalue weighted by Gasteiger charge is 2.15. The molecule has 0 radical (unpaired) electrons. The number of rotatable bonds is 8. The van der Waals surface area contributed by atoms with Gasteiger partial charge in [0.2, 0.25) is 0 Å². The van der Waals surface area contributed by atoms with E-state index in [-0.39, 0.29) is 0 Å². The van der Waals surface area contributed by atoms with Crippen LogP contribution >= 0.6 is 11.3 Å². The maximum absolute atomic E-state index is 11.1. The second-order valence-electron chi connectivity index (χ2n) is 4.65. The number of carbonyl (C=O) groups is 1. The van der Waals surface area contributed by atoms with Crippen molar-refractivity contribution in [3.05, 3.63) is 39.8 Å². The molecule has 0 saturated carbocycles. The average molecular weight is 321 g/mol. The quantitative estimate of drug-likeness (QED) is 0.754. The number of nitrogens with zero attached hydrogens (tertiary/aromatic N) is 1. The first-order valence-corrected chi connectivity index (χ1v) is 7.95. The third-order valence-corrected chi connectivity index (χ3v) is 4.28. The zero-order valence-electron chi connectivity index (χ0n) is 12.7. The maximum atomic E-state index is 11.1. The number of hydrogen-bond acceptors (Lipinski definition) is 5. The standard InChI is InChI=1S/C16H19NO4S/c1-3-11-15(16(18)19)22-14(17-11)9-6-10-21-13-8-5-4-7-12(13)20-2/h4-5,7-8H,3,6,9-10H2,1-2H3,(H,18,19). The van der Waals surface area contributed by atoms with Crippen LogP contribution in [0.4, 0.5) is 0 Å². The van der Waals surface area contributed by atoms with E-state index in [1.165, 1.54) is 11.3 Å². The second kappa shape index (κ2) is 7.79. The maximum Gasteiger partial charge on any atom is 0.347 e. The summed E-state index contributed by atoms with van der Waals surface area (Å²) >= 11 is 1.26. The SMILES string of the molecule is CCc1nc(CCCOc2ccccc2OC)sc1C(=O)O. The molecule has 0 bridgehead atoms. The summed E-state index contributed by atoms with van der Waals surface area (Å²) in [5.41, 5.74) is 0.665. The van der Waals surface area contributed by atoms with Gasteiger partial charge >= 0.3 is 5.97 Å². The fraction of sp³-hybridized carbons (Fsp3) is 0.375. The van der Waals surface area contributed by atoms with Crippen LogP contribution in [0, 0.1) is 0 Å². The van der Waals surface area contributed by atoms with Crippen LogP contribution in [0.1, 0.15) is 33.7 Å². The lowest BCUT2D eigenvalue weighted by Crippen LogP contribution is -2.01. The molecule has 0 saturated heterocycles. The molecule has 6 heteroatoms. The number of para-hydroxylation sites is 2. The number of carboxylic acid groups (broad SMARTS) is 1. The molecule has 22 heavy (non-hydrogen) atoms. The first kappa shape index (κ1) is 16.3. The summed E-state index contributed by atoms with van der Waals surface area (Å²) in [5.74, 6) is 0.522. The smallest absolute Gasteiger partial charge is 0.347 e. The van der Waals surface area contributed by atoms with Gasteiger partial charge in [-0.15, -0.1) is 11.3 Å². The van der Waals surface area contributed by atoms with E-state index in [1.807, 2.05) is 31.2 Å². The van der Waals surface area contributed by atoms with Gasteiger partial charge in [-0.25, -0.2) is 9.78 Å². The fourth-order valence-electron chi connectivity index (χ4n) is 2.06. The molecule has 0 aliphatic carbocycles. The van der Waals surface area contributed by atoms with Gasteiger partial charge in [0.25, 0.3) is 0 Å². The molecular formula is C16H19NO4S. The molecule has 1 heterocycles. The van der Waals surface area contributed by atoms with E-state index in [0.29, 0.717) is 41.5 Å². The highest BCUT2D eigenvalue weighted by atomic mass is 32.1. The molecule has 2 aromatic rings. The lowest BCUT2D eigenvalue weighted by Gasteiger charge is -2.09. The minimum absolute atomic E-state index is 0.350. The molecule has 0 unspecified atom stereocenters. The molecule has 0 aliphatic rings. The molecule has 0 amide bonds. The number of methoxy groups -OCH3 is 1. The number of thiazole rings is 1. The molecule has 5 nitrogen and oxygen atoms in total. The van der Waals surface area contributed by atoms with E-state index in [9.17, 15) is 4.79 Å². The Hall–Kier alpha value is -2.08. The summed E-state index contributed by atoms with van der Waals surface area (Å²) in [6.45, 7) is 2.44. The molecule has 0 atom stereocenters. The molecule has 0 fully saturated rings. The van der Waals surface area contributed by atoms with Crippen molar-refractivity contribution < 1.29 is 19.4 Å². The minimum atomic E-state index is -0.897. The van der Waals surface area contributed by atoms with Crippen molar-refractivity contribution >= 4 is 17.3 Å². The Bertz CT molecular complexity index is 639. The third kappa shape index (κ3) is 3.98. The topological polar surface area (TPSA) is 68.7 Å². The predicted molar refractivity (Wildman–Crippen MR) is 85.3 cm³/mol. The summed E-state index contributed by atoms with van der Waals surface area (Å²) in [6, 6.07) is 7.50. The average Bonchev–Trinajstić information content (AvgIpc) is 2.95. The Labute approximate surface area is 133 Å². The van der Waals surface area contributed by atoms with Gasteiger partial charge in [0.05, 0.1) is 24.4 Å². The summed E-state index contributed by atoms with van der Waals surface area (Å²) in [4.78, 5) is 15.8. The molecule has 1 N–H and O–H groups in total. The van der Waals surface area contributed by atoms with Gasteiger partial charge in [-0.3, -0.25) is 0 Å². The molecular weight excluding hydrogens is 302 g/mol. The van der Waals surface area contributed by atoms with Gasteiger partial charge in [0.15, 0.2) is 11.5 Å². The van der Waals surface area contributed by atoms with Crippen molar-refractivity contribution in [2.75, 3.05) is 13.7 Å². The molecule has 1 aromatic carbocycles. The Morgan fingerprint density at radius 2 is 2.05 bits per heavy atom. The van der Waals surface area contributed by atoms with Crippen LogP contribution in [0.15, 0.2) is 24.3 Å². The highest BCUT2D eigenvalue weighted by molar-refractivity contribution is 7.13. The number of ether oxygens (including phenoxy) is 2. The van der Waals surface area contributed by atoms with E-state index in [4.69, 9.17) is 14.6 Å². The summed E-state index contributed by atoms with van der Waals surface area (Å²) in [6.07, 6.45) is 2.11. The van der Waals surface area contributed by atoms with Crippen molar-refractivity contribution in [1.82, 2.24) is 4.98 Å². The van der Waals surface area contributed by atoms with Gasteiger partial charge < -0.3 is 14.6 Å². The van der Waals surface area contributed by atoms with E-state index in [2.05, 4.69) is 4.98 Å². The molecule has 1 aromatic heterocycles. The largest absolute Gasteiger partial charge is 0.493 e. The van der Waals surface area contributed by atoms with Gasteiger partial charge in [0.1, 0.15) is 4.88 Å². The number of aromatic nitrogens is 1. The first-order valence-electron chi connectivity index (χ1n) is 7.13. The number of carboxylic acids is 1. The van der Waals surface area contributed by atoms with E-state index < -0.39 is 5.97 Å². The van der Waals surface area contributed by atoms with Crippen molar-refractivity contribution in [2.45, 2.75) is 26.2 Å². The Morgan fingerprint density at radius 1 is 1.32 bits per heavy atom. The first-order chi connectivity index (χ1) is 10.7. The van der Waals surface area contributed by atoms with Gasteiger partial charge in [-0.1, -0.05) is 19.1 Å². The number of aromatic carboxylic acids is 1. The van der Waals surface area contributed by atoms with E-state index in [1.54, 1.807) is 7.11 Å². The Morgan fingerprint density at radius 3 is 2.64 bits per heavy atom. The van der Waals surface area contributed by atoms with Crippen LogP contribution in [0.25, 0.3) is 0 Å². The summed E-state index contributed by atoms with van der Waals surface area (Å²) in [7, 11) is 1.61. The number of aryl methyl sites for hydroxylation is 2. The summed E-state index contributed by atoms with van der Waals surface area (Å²) < 4.78 is 10.9. The zero-order valence-corrected chi connectivity index (χ0v) is 13.5. The van der Waals surface area contributed by atoms with E-state index >= 15 is 0 Å². The van der Waals surface area contributed by atoms with Crippen LogP contribution in [0.3, 0.4) is 0 Å². The minimum Gasteiger partial charge on any atom is -0.493 e. The van der Waals surface area contributed by atoms with E-state index in [0.717, 1.165) is 11.4 Å². The Balaban J connectivity index is 1.88. The number of benzene rings is 1. The lowest BCUT2D eigenvalue weighted by molar-refractivity contribution is 0.0701. The van der Waals surface area contributed by atoms with Crippen molar-refractivity contribution in [3.63, 3.8) is 0 Å². The van der Waals surface area contributed by atoms with Gasteiger partial charge in [-0.2, -0.15) is 0 Å². The van der Waals surface area contributed by atoms with Gasteiger partial charge in [0, 0.05) is 6.42 Å². The van der Waals surface area contributed by atoms with Crippen molar-refractivity contribution in [2.24, 2.45) is 0 Å². The second-order valence-corrected chi connectivity index (χ2v) is 5.73. The fourth-order valence-corrected chi connectivity index (χ4v) is 3.09. The predicted octanol–water partition coefficient (Wildman–Crippen LogP) is 3.42. The molecule has 2 rings (SSSR count). The zero-order chi connectivity index (χ0) is 15.9. The van der Waals surface area contributed by atoms with Crippen LogP contribution in [0.5, 0.6) is 11.5 Å². The Kier molecular flexibility index (Phi) is 5.77. The van der Waals surface area contributed by atoms with Crippen LogP contribution in [-0.4, -0.2) is 29.8 Å². The van der Waals surface area contributed by atoms with Crippen molar-refractivity contribution in [1.29, 1.82) is 0 Å². The third-order valence-electron chi connectivity index (χ3n) is 3.13. The van der Waals surface area contributed by atoms with Crippen LogP contribution < -0.4 is 9.47 Å². The van der Waals surface area contributed by atoms with Crippen LogP contribution in [-0.2, 0) is 12.8 Å². The molecule has 0 spiro atoms. The molecule has 118 valence electrons. The monoisotopic (exact) mass is 321 g/mol. The summed E-state index contributed by atoms with van der Waals surface area (Å²) in [5, 5.41) is 9.97. The lowest BCUT2D eigenvalue weighted by atomic mass is 10.3.